The third-order valence-electron chi connectivity index (χ3n) is 4.73. The fourth-order valence-corrected chi connectivity index (χ4v) is 3.11. The SMILES string of the molecule is CCCCc1ccc(C(=O)COC(=O)CCc2c[nH]c3ccccc23)cc1. The van der Waals surface area contributed by atoms with Crippen molar-refractivity contribution in [3.63, 3.8) is 0 Å². The molecule has 1 N–H and O–H groups in total. The van der Waals surface area contributed by atoms with Gasteiger partial charge in [0.25, 0.3) is 0 Å². The van der Waals surface area contributed by atoms with Crippen molar-refractivity contribution >= 4 is 22.7 Å². The molecule has 0 amide bonds. The standard InChI is InChI=1S/C23H25NO3/c1-2-3-6-17-9-11-18(12-10-17)22(25)16-27-23(26)14-13-19-15-24-21-8-5-4-7-20(19)21/h4-5,7-12,15,24H,2-3,6,13-14,16H2,1H3. The lowest BCUT2D eigenvalue weighted by Crippen LogP contribution is -2.14. The van der Waals surface area contributed by atoms with Crippen molar-refractivity contribution in [2.45, 2.75) is 39.0 Å². The predicted molar refractivity (Wildman–Crippen MR) is 107 cm³/mol. The van der Waals surface area contributed by atoms with Gasteiger partial charge in [0.05, 0.1) is 0 Å². The molecule has 4 nitrogen and oxygen atoms in total. The van der Waals surface area contributed by atoms with Crippen LogP contribution in [-0.2, 0) is 22.4 Å². The Kier molecular flexibility index (Phi) is 6.42. The second-order valence-electron chi connectivity index (χ2n) is 6.74. The summed E-state index contributed by atoms with van der Waals surface area (Å²) in [5.74, 6) is -0.523. The highest BCUT2D eigenvalue weighted by Gasteiger charge is 2.11. The summed E-state index contributed by atoms with van der Waals surface area (Å²) in [6.07, 6.45) is 6.07. The monoisotopic (exact) mass is 363 g/mol. The Labute approximate surface area is 159 Å². The number of ether oxygens (including phenoxy) is 1. The number of carbonyl (C=O) groups is 2. The van der Waals surface area contributed by atoms with Crippen LogP contribution < -0.4 is 0 Å². The molecular formula is C23H25NO3. The number of nitrogens with one attached hydrogen (secondary N) is 1. The molecular weight excluding hydrogens is 338 g/mol. The largest absolute Gasteiger partial charge is 0.457 e. The zero-order chi connectivity index (χ0) is 19.1. The van der Waals surface area contributed by atoms with Crippen LogP contribution in [0, 0.1) is 0 Å². The van der Waals surface area contributed by atoms with E-state index >= 15 is 0 Å². The summed E-state index contributed by atoms with van der Waals surface area (Å²) in [6.45, 7) is 1.95. The van der Waals surface area contributed by atoms with Crippen LogP contribution in [0.3, 0.4) is 0 Å². The highest BCUT2D eigenvalue weighted by molar-refractivity contribution is 5.98. The fourth-order valence-electron chi connectivity index (χ4n) is 3.11. The predicted octanol–water partition coefficient (Wildman–Crippen LogP) is 4.87. The first-order valence-corrected chi connectivity index (χ1v) is 9.50. The van der Waals surface area contributed by atoms with Crippen molar-refractivity contribution in [2.24, 2.45) is 0 Å². The molecule has 0 aliphatic heterocycles. The van der Waals surface area contributed by atoms with Crippen LogP contribution in [0.4, 0.5) is 0 Å². The normalized spacial score (nSPS) is 10.9. The number of para-hydroxylation sites is 1. The number of H-pyrrole nitrogens is 1. The molecule has 1 aromatic heterocycles. The summed E-state index contributed by atoms with van der Waals surface area (Å²) >= 11 is 0. The maximum atomic E-state index is 12.2. The van der Waals surface area contributed by atoms with Gasteiger partial charge in [0.1, 0.15) is 0 Å². The number of fused-ring (bicyclic) bond motifs is 1. The van der Waals surface area contributed by atoms with Gasteiger partial charge in [-0.05, 0) is 36.5 Å². The average Bonchev–Trinajstić information content (AvgIpc) is 3.12. The summed E-state index contributed by atoms with van der Waals surface area (Å²) in [5.41, 5.74) is 3.94. The maximum absolute atomic E-state index is 12.2. The van der Waals surface area contributed by atoms with Gasteiger partial charge in [0, 0.05) is 29.1 Å². The molecule has 0 saturated carbocycles. The molecule has 0 fully saturated rings. The van der Waals surface area contributed by atoms with E-state index in [0.717, 1.165) is 35.7 Å². The van der Waals surface area contributed by atoms with Crippen molar-refractivity contribution in [3.8, 4) is 0 Å². The van der Waals surface area contributed by atoms with Crippen LogP contribution in [0.5, 0.6) is 0 Å². The molecule has 2 aromatic carbocycles. The van der Waals surface area contributed by atoms with Crippen molar-refractivity contribution < 1.29 is 14.3 Å². The number of ketones is 1. The second kappa shape index (κ2) is 9.17. The molecule has 0 atom stereocenters. The van der Waals surface area contributed by atoms with E-state index in [0.29, 0.717) is 12.0 Å². The van der Waals surface area contributed by atoms with Gasteiger partial charge in [-0.15, -0.1) is 0 Å². The number of aromatic amines is 1. The van der Waals surface area contributed by atoms with Crippen molar-refractivity contribution in [3.05, 3.63) is 71.4 Å². The maximum Gasteiger partial charge on any atom is 0.306 e. The van der Waals surface area contributed by atoms with E-state index in [1.807, 2.05) is 54.7 Å². The van der Waals surface area contributed by atoms with Crippen LogP contribution in [0.2, 0.25) is 0 Å². The van der Waals surface area contributed by atoms with Crippen molar-refractivity contribution in [2.75, 3.05) is 6.61 Å². The minimum Gasteiger partial charge on any atom is -0.457 e. The number of aryl methyl sites for hydroxylation is 2. The van der Waals surface area contributed by atoms with Crippen LogP contribution >= 0.6 is 0 Å². The molecule has 0 radical (unpaired) electrons. The number of hydrogen-bond acceptors (Lipinski definition) is 3. The Morgan fingerprint density at radius 2 is 1.78 bits per heavy atom. The molecule has 0 saturated heterocycles. The van der Waals surface area contributed by atoms with Gasteiger partial charge in [-0.25, -0.2) is 0 Å². The zero-order valence-electron chi connectivity index (χ0n) is 15.7. The van der Waals surface area contributed by atoms with Gasteiger partial charge in [-0.1, -0.05) is 55.8 Å². The lowest BCUT2D eigenvalue weighted by atomic mass is 10.0. The highest BCUT2D eigenvalue weighted by atomic mass is 16.5. The van der Waals surface area contributed by atoms with E-state index < -0.39 is 0 Å². The number of unbranched alkanes of at least 4 members (excludes halogenated alkanes) is 1. The van der Waals surface area contributed by atoms with E-state index in [1.165, 1.54) is 5.56 Å². The molecule has 0 unspecified atom stereocenters. The molecule has 27 heavy (non-hydrogen) atoms. The van der Waals surface area contributed by atoms with Crippen molar-refractivity contribution in [1.29, 1.82) is 0 Å². The summed E-state index contributed by atoms with van der Waals surface area (Å²) in [4.78, 5) is 27.4. The second-order valence-corrected chi connectivity index (χ2v) is 6.74. The quantitative estimate of drug-likeness (QED) is 0.436. The first kappa shape index (κ1) is 18.9. The Hall–Kier alpha value is -2.88. The molecule has 0 spiro atoms. The van der Waals surface area contributed by atoms with Crippen LogP contribution in [0.15, 0.2) is 54.7 Å². The van der Waals surface area contributed by atoms with E-state index in [1.54, 1.807) is 0 Å². The minimum absolute atomic E-state index is 0.169. The third kappa shape index (κ3) is 5.07. The molecule has 0 aliphatic carbocycles. The van der Waals surface area contributed by atoms with E-state index in [9.17, 15) is 9.59 Å². The Balaban J connectivity index is 1.46. The summed E-state index contributed by atoms with van der Waals surface area (Å²) < 4.78 is 5.17. The van der Waals surface area contributed by atoms with Gasteiger partial charge in [-0.3, -0.25) is 9.59 Å². The molecule has 1 heterocycles. The minimum atomic E-state index is -0.354. The molecule has 0 bridgehead atoms. The fraction of sp³-hybridized carbons (Fsp3) is 0.304. The Morgan fingerprint density at radius 3 is 2.56 bits per heavy atom. The van der Waals surface area contributed by atoms with Crippen LogP contribution in [-0.4, -0.2) is 23.3 Å². The smallest absolute Gasteiger partial charge is 0.306 e. The van der Waals surface area contributed by atoms with E-state index in [2.05, 4.69) is 11.9 Å². The number of benzene rings is 2. The topological polar surface area (TPSA) is 59.2 Å². The van der Waals surface area contributed by atoms with Gasteiger partial charge in [-0.2, -0.15) is 0 Å². The first-order valence-electron chi connectivity index (χ1n) is 9.50. The van der Waals surface area contributed by atoms with E-state index in [4.69, 9.17) is 4.74 Å². The number of carbonyl (C=O) groups excluding carboxylic acids is 2. The summed E-state index contributed by atoms with van der Waals surface area (Å²) in [5, 5.41) is 1.12. The lowest BCUT2D eigenvalue weighted by Gasteiger charge is -2.06. The zero-order valence-corrected chi connectivity index (χ0v) is 15.7. The van der Waals surface area contributed by atoms with Gasteiger partial charge < -0.3 is 9.72 Å². The Bertz CT molecular complexity index is 909. The van der Waals surface area contributed by atoms with Gasteiger partial charge in [0.15, 0.2) is 12.4 Å². The number of hydrogen-bond donors (Lipinski definition) is 1. The number of aromatic nitrogens is 1. The van der Waals surface area contributed by atoms with Gasteiger partial charge in [0.2, 0.25) is 0 Å². The van der Waals surface area contributed by atoms with Crippen LogP contribution in [0.1, 0.15) is 47.7 Å². The highest BCUT2D eigenvalue weighted by Crippen LogP contribution is 2.19. The van der Waals surface area contributed by atoms with E-state index in [-0.39, 0.29) is 24.8 Å². The number of rotatable bonds is 9. The first-order chi connectivity index (χ1) is 13.2. The lowest BCUT2D eigenvalue weighted by molar-refractivity contribution is -0.142. The molecule has 3 rings (SSSR count). The molecule has 140 valence electrons. The summed E-state index contributed by atoms with van der Waals surface area (Å²) in [7, 11) is 0. The average molecular weight is 363 g/mol. The molecule has 4 heteroatoms. The number of esters is 1. The molecule has 0 aliphatic rings. The van der Waals surface area contributed by atoms with Crippen LogP contribution in [0.25, 0.3) is 10.9 Å². The third-order valence-corrected chi connectivity index (χ3v) is 4.73. The van der Waals surface area contributed by atoms with Crippen molar-refractivity contribution in [1.82, 2.24) is 4.98 Å². The Morgan fingerprint density at radius 1 is 1.00 bits per heavy atom. The molecule has 3 aromatic rings. The van der Waals surface area contributed by atoms with Gasteiger partial charge >= 0.3 is 5.97 Å². The number of Topliss-reactive ketones (excluding diaryl/α,β-unsaturated/α-hetero) is 1. The summed E-state index contributed by atoms with van der Waals surface area (Å²) in [6, 6.07) is 15.6.